The third-order valence-electron chi connectivity index (χ3n) is 3.83. The molecule has 0 fully saturated rings. The second kappa shape index (κ2) is 7.28. The maximum Gasteiger partial charge on any atom is 0.356 e. The number of nitrogens with zero attached hydrogens (tertiary/aromatic N) is 3. The monoisotopic (exact) mass is 389 g/mol. The zero-order chi connectivity index (χ0) is 19.6. The van der Waals surface area contributed by atoms with E-state index in [1.807, 2.05) is 0 Å². The van der Waals surface area contributed by atoms with Crippen molar-refractivity contribution in [2.45, 2.75) is 13.0 Å². The lowest BCUT2D eigenvalue weighted by Crippen LogP contribution is -2.32. The number of nitrogens with one attached hydrogen (secondary N) is 2. The summed E-state index contributed by atoms with van der Waals surface area (Å²) in [7, 11) is -4.32. The molecule has 0 saturated carbocycles. The van der Waals surface area contributed by atoms with Gasteiger partial charge in [0.05, 0.1) is 11.3 Å². The Morgan fingerprint density at radius 3 is 2.56 bits per heavy atom. The molecule has 3 rings (SSSR count). The highest BCUT2D eigenvalue weighted by molar-refractivity contribution is 7.60. The fourth-order valence-electron chi connectivity index (χ4n) is 2.37. The van der Waals surface area contributed by atoms with Gasteiger partial charge in [0.15, 0.2) is 0 Å². The van der Waals surface area contributed by atoms with Crippen molar-refractivity contribution in [1.29, 1.82) is 0 Å². The SMILES string of the molecule is C[C@H](NC(=O)c1cnc(-n2cccn2)[nH]c1=O)c1ccc(P(=O)(O)O)cc1. The summed E-state index contributed by atoms with van der Waals surface area (Å²) in [5, 5.41) is 6.48. The van der Waals surface area contributed by atoms with Crippen molar-refractivity contribution in [3.63, 3.8) is 0 Å². The van der Waals surface area contributed by atoms with Crippen LogP contribution in [0.25, 0.3) is 5.95 Å². The fraction of sp³-hybridized carbons (Fsp3) is 0.125. The molecule has 0 spiro atoms. The molecular weight excluding hydrogens is 373 g/mol. The number of amides is 1. The van der Waals surface area contributed by atoms with E-state index in [4.69, 9.17) is 9.79 Å². The van der Waals surface area contributed by atoms with Gasteiger partial charge in [0.2, 0.25) is 5.95 Å². The van der Waals surface area contributed by atoms with Gasteiger partial charge in [-0.15, -0.1) is 0 Å². The van der Waals surface area contributed by atoms with Crippen molar-refractivity contribution >= 4 is 18.8 Å². The molecule has 2 aromatic heterocycles. The minimum Gasteiger partial charge on any atom is -0.345 e. The Labute approximate surface area is 153 Å². The number of aromatic nitrogens is 4. The normalized spacial score (nSPS) is 12.6. The topological polar surface area (TPSA) is 150 Å². The van der Waals surface area contributed by atoms with E-state index in [1.54, 1.807) is 19.2 Å². The first kappa shape index (κ1) is 18.7. The maximum absolute atomic E-state index is 12.4. The van der Waals surface area contributed by atoms with E-state index in [0.717, 1.165) is 6.20 Å². The first-order chi connectivity index (χ1) is 12.8. The molecule has 0 aliphatic carbocycles. The first-order valence-corrected chi connectivity index (χ1v) is 9.43. The van der Waals surface area contributed by atoms with E-state index in [9.17, 15) is 14.2 Å². The predicted molar refractivity (Wildman–Crippen MR) is 96.0 cm³/mol. The Kier molecular flexibility index (Phi) is 5.04. The second-order valence-corrected chi connectivity index (χ2v) is 7.34. The van der Waals surface area contributed by atoms with Gasteiger partial charge >= 0.3 is 7.60 Å². The lowest BCUT2D eigenvalue weighted by molar-refractivity contribution is 0.0938. The van der Waals surface area contributed by atoms with E-state index in [0.29, 0.717) is 5.56 Å². The number of rotatable bonds is 5. The molecule has 0 aliphatic rings. The Morgan fingerprint density at radius 2 is 2.00 bits per heavy atom. The quantitative estimate of drug-likeness (QED) is 0.457. The zero-order valence-electron chi connectivity index (χ0n) is 14.1. The average Bonchev–Trinajstić information content (AvgIpc) is 3.15. The summed E-state index contributed by atoms with van der Waals surface area (Å²) in [4.78, 5) is 49.3. The molecule has 2 heterocycles. The number of carbonyl (C=O) groups excluding carboxylic acids is 1. The maximum atomic E-state index is 12.4. The summed E-state index contributed by atoms with van der Waals surface area (Å²) in [6.45, 7) is 1.68. The van der Waals surface area contributed by atoms with E-state index >= 15 is 0 Å². The van der Waals surface area contributed by atoms with Crippen LogP contribution in [0.15, 0.2) is 53.7 Å². The second-order valence-electron chi connectivity index (χ2n) is 5.73. The van der Waals surface area contributed by atoms with E-state index in [-0.39, 0.29) is 16.8 Å². The highest BCUT2D eigenvalue weighted by atomic mass is 31.2. The molecular formula is C16H16N5O5P. The van der Waals surface area contributed by atoms with Gasteiger partial charge in [0, 0.05) is 18.6 Å². The third kappa shape index (κ3) is 4.20. The minimum absolute atomic E-state index is 0.111. The number of H-pyrrole nitrogens is 1. The van der Waals surface area contributed by atoms with Gasteiger partial charge in [-0.25, -0.2) is 9.67 Å². The largest absolute Gasteiger partial charge is 0.356 e. The fourth-order valence-corrected chi connectivity index (χ4v) is 2.91. The van der Waals surface area contributed by atoms with Gasteiger partial charge in [-0.1, -0.05) is 12.1 Å². The Bertz CT molecular complexity index is 1060. The number of benzene rings is 1. The van der Waals surface area contributed by atoms with E-state index in [1.165, 1.54) is 35.1 Å². The van der Waals surface area contributed by atoms with Gasteiger partial charge in [-0.2, -0.15) is 5.10 Å². The summed E-state index contributed by atoms with van der Waals surface area (Å²) in [5.74, 6) is -0.440. The standard InChI is InChI=1S/C16H16N5O5P/c1-10(11-3-5-12(6-4-11)27(24,25)26)19-14(22)13-9-17-16(20-15(13)23)21-8-2-7-18-21/h2-10H,1H3,(H,19,22)(H,17,20,23)(H2,24,25,26)/t10-/m0/s1. The highest BCUT2D eigenvalue weighted by Crippen LogP contribution is 2.33. The average molecular weight is 389 g/mol. The van der Waals surface area contributed by atoms with Crippen molar-refractivity contribution in [3.05, 3.63) is 70.4 Å². The summed E-state index contributed by atoms with van der Waals surface area (Å²) in [5.41, 5.74) is -0.153. The van der Waals surface area contributed by atoms with Crippen LogP contribution in [0, 0.1) is 0 Å². The molecule has 0 radical (unpaired) electrons. The molecule has 4 N–H and O–H groups in total. The van der Waals surface area contributed by atoms with Crippen molar-refractivity contribution < 1.29 is 19.1 Å². The van der Waals surface area contributed by atoms with Gasteiger partial charge in [-0.3, -0.25) is 19.1 Å². The molecule has 1 aromatic carbocycles. The predicted octanol–water partition coefficient (Wildman–Crippen LogP) is 0.250. The van der Waals surface area contributed by atoms with Crippen LogP contribution in [0.2, 0.25) is 0 Å². The van der Waals surface area contributed by atoms with Crippen LogP contribution < -0.4 is 16.2 Å². The first-order valence-electron chi connectivity index (χ1n) is 7.82. The molecule has 1 amide bonds. The Morgan fingerprint density at radius 1 is 1.30 bits per heavy atom. The summed E-state index contributed by atoms with van der Waals surface area (Å²) in [6, 6.07) is 6.78. The van der Waals surface area contributed by atoms with Crippen molar-refractivity contribution in [2.75, 3.05) is 0 Å². The van der Waals surface area contributed by atoms with Crippen LogP contribution in [0.3, 0.4) is 0 Å². The smallest absolute Gasteiger partial charge is 0.345 e. The van der Waals surface area contributed by atoms with Crippen LogP contribution in [0.5, 0.6) is 0 Å². The minimum atomic E-state index is -4.32. The van der Waals surface area contributed by atoms with Crippen LogP contribution in [-0.2, 0) is 4.57 Å². The summed E-state index contributed by atoms with van der Waals surface area (Å²) in [6.07, 6.45) is 4.29. The zero-order valence-corrected chi connectivity index (χ0v) is 15.0. The molecule has 140 valence electrons. The Balaban J connectivity index is 1.75. The van der Waals surface area contributed by atoms with Gasteiger partial charge < -0.3 is 15.1 Å². The van der Waals surface area contributed by atoms with E-state index in [2.05, 4.69) is 20.4 Å². The van der Waals surface area contributed by atoms with E-state index < -0.39 is 25.1 Å². The number of carbonyl (C=O) groups is 1. The lowest BCUT2D eigenvalue weighted by Gasteiger charge is -2.15. The molecule has 0 unspecified atom stereocenters. The Hall–Kier alpha value is -3.07. The highest BCUT2D eigenvalue weighted by Gasteiger charge is 2.19. The van der Waals surface area contributed by atoms with Crippen LogP contribution in [0.1, 0.15) is 28.9 Å². The molecule has 0 aliphatic heterocycles. The third-order valence-corrected chi connectivity index (χ3v) is 4.80. The lowest BCUT2D eigenvalue weighted by atomic mass is 10.1. The molecule has 0 saturated heterocycles. The summed E-state index contributed by atoms with van der Waals surface area (Å²) >= 11 is 0. The molecule has 3 aromatic rings. The molecule has 10 nitrogen and oxygen atoms in total. The number of aromatic amines is 1. The van der Waals surface area contributed by atoms with Crippen LogP contribution in [-0.4, -0.2) is 35.4 Å². The molecule has 0 bridgehead atoms. The number of hydrogen-bond acceptors (Lipinski definition) is 5. The molecule has 11 heteroatoms. The van der Waals surface area contributed by atoms with Gasteiger partial charge in [-0.05, 0) is 30.7 Å². The van der Waals surface area contributed by atoms with Crippen LogP contribution in [0.4, 0.5) is 0 Å². The van der Waals surface area contributed by atoms with Crippen molar-refractivity contribution in [1.82, 2.24) is 25.1 Å². The van der Waals surface area contributed by atoms with Gasteiger partial charge in [0.25, 0.3) is 11.5 Å². The number of hydrogen-bond donors (Lipinski definition) is 4. The van der Waals surface area contributed by atoms with Crippen LogP contribution >= 0.6 is 7.60 Å². The summed E-state index contributed by atoms with van der Waals surface area (Å²) < 4.78 is 12.6. The van der Waals surface area contributed by atoms with Crippen molar-refractivity contribution in [3.8, 4) is 5.95 Å². The van der Waals surface area contributed by atoms with Gasteiger partial charge in [0.1, 0.15) is 5.56 Å². The molecule has 1 atom stereocenters. The van der Waals surface area contributed by atoms with Crippen molar-refractivity contribution in [2.24, 2.45) is 0 Å². The molecule has 27 heavy (non-hydrogen) atoms.